The summed E-state index contributed by atoms with van der Waals surface area (Å²) in [6, 6.07) is 8.21. The summed E-state index contributed by atoms with van der Waals surface area (Å²) in [5.74, 6) is 0.746. The smallest absolute Gasteiger partial charge is 0.225 e. The van der Waals surface area contributed by atoms with Gasteiger partial charge in [-0.2, -0.15) is 0 Å². The number of hydrogen-bond acceptors (Lipinski definition) is 3. The van der Waals surface area contributed by atoms with Crippen molar-refractivity contribution in [3.63, 3.8) is 0 Å². The summed E-state index contributed by atoms with van der Waals surface area (Å²) in [6.07, 6.45) is 3.44. The maximum Gasteiger partial charge on any atom is 0.225 e. The zero-order valence-corrected chi connectivity index (χ0v) is 14.4. The van der Waals surface area contributed by atoms with Gasteiger partial charge in [0.1, 0.15) is 5.76 Å². The Balaban J connectivity index is 1.75. The van der Waals surface area contributed by atoms with Crippen LogP contribution in [0.1, 0.15) is 41.8 Å². The first kappa shape index (κ1) is 15.3. The quantitative estimate of drug-likeness (QED) is 0.899. The van der Waals surface area contributed by atoms with E-state index in [9.17, 15) is 4.79 Å². The van der Waals surface area contributed by atoms with Crippen LogP contribution >= 0.6 is 15.9 Å². The van der Waals surface area contributed by atoms with Crippen LogP contribution in [0.3, 0.4) is 0 Å². The molecule has 1 aromatic heterocycles. The maximum atomic E-state index is 12.5. The predicted octanol–water partition coefficient (Wildman–Crippen LogP) is 3.79. The molecule has 0 aliphatic heterocycles. The lowest BCUT2D eigenvalue weighted by Crippen LogP contribution is -2.51. The van der Waals surface area contributed by atoms with Crippen LogP contribution in [0.2, 0.25) is 0 Å². The van der Waals surface area contributed by atoms with Crippen LogP contribution < -0.4 is 5.32 Å². The fourth-order valence-corrected chi connectivity index (χ4v) is 3.28. The summed E-state index contributed by atoms with van der Waals surface area (Å²) in [7, 11) is 0. The van der Waals surface area contributed by atoms with Gasteiger partial charge in [0.25, 0.3) is 0 Å². The minimum absolute atomic E-state index is 0.0250. The summed E-state index contributed by atoms with van der Waals surface area (Å²) in [4.78, 5) is 12.5. The van der Waals surface area contributed by atoms with E-state index in [0.717, 1.165) is 40.8 Å². The molecule has 3 rings (SSSR count). The van der Waals surface area contributed by atoms with Crippen molar-refractivity contribution in [2.75, 3.05) is 0 Å². The van der Waals surface area contributed by atoms with Crippen LogP contribution in [-0.2, 0) is 16.8 Å². The molecule has 5 heteroatoms. The molecule has 1 aromatic carbocycles. The number of nitrogens with one attached hydrogen (secondary N) is 1. The van der Waals surface area contributed by atoms with Crippen LogP contribution in [-0.4, -0.2) is 11.1 Å². The second-order valence-corrected chi connectivity index (χ2v) is 6.89. The van der Waals surface area contributed by atoms with Gasteiger partial charge in [0.15, 0.2) is 0 Å². The van der Waals surface area contributed by atoms with E-state index in [1.54, 1.807) is 0 Å². The molecule has 0 unspecified atom stereocenters. The molecule has 22 heavy (non-hydrogen) atoms. The molecular weight excluding hydrogens is 344 g/mol. The number of benzene rings is 1. The van der Waals surface area contributed by atoms with Gasteiger partial charge in [0.2, 0.25) is 5.91 Å². The molecule has 1 saturated carbocycles. The molecule has 1 aliphatic rings. The van der Waals surface area contributed by atoms with Crippen molar-refractivity contribution in [3.05, 3.63) is 51.3 Å². The number of amides is 1. The minimum Gasteiger partial charge on any atom is -0.361 e. The maximum absolute atomic E-state index is 12.5. The normalized spacial score (nSPS) is 16.1. The number of aryl methyl sites for hydroxylation is 2. The molecule has 1 fully saturated rings. The van der Waals surface area contributed by atoms with Gasteiger partial charge < -0.3 is 9.84 Å². The molecule has 116 valence electrons. The molecule has 1 amide bonds. The van der Waals surface area contributed by atoms with E-state index in [1.165, 1.54) is 5.56 Å². The molecule has 2 aromatic rings. The Bertz CT molecular complexity index is 668. The Morgan fingerprint density at radius 3 is 2.50 bits per heavy atom. The van der Waals surface area contributed by atoms with Crippen molar-refractivity contribution in [2.24, 2.45) is 0 Å². The number of halogens is 1. The monoisotopic (exact) mass is 362 g/mol. The van der Waals surface area contributed by atoms with Crippen molar-refractivity contribution < 1.29 is 9.32 Å². The van der Waals surface area contributed by atoms with Crippen molar-refractivity contribution in [2.45, 2.75) is 45.1 Å². The van der Waals surface area contributed by atoms with Crippen LogP contribution in [0, 0.1) is 13.8 Å². The number of carbonyl (C=O) groups is 1. The minimum atomic E-state index is -0.212. The Labute approximate surface area is 138 Å². The van der Waals surface area contributed by atoms with E-state index in [2.05, 4.69) is 38.5 Å². The third kappa shape index (κ3) is 2.82. The summed E-state index contributed by atoms with van der Waals surface area (Å²) < 4.78 is 6.18. The topological polar surface area (TPSA) is 55.1 Å². The van der Waals surface area contributed by atoms with Crippen LogP contribution in [0.4, 0.5) is 0 Å². The molecule has 0 atom stereocenters. The summed E-state index contributed by atoms with van der Waals surface area (Å²) >= 11 is 3.45. The van der Waals surface area contributed by atoms with Gasteiger partial charge in [-0.1, -0.05) is 33.2 Å². The van der Waals surface area contributed by atoms with Crippen LogP contribution in [0.25, 0.3) is 0 Å². The van der Waals surface area contributed by atoms with Crippen molar-refractivity contribution >= 4 is 21.8 Å². The number of rotatable bonds is 4. The Morgan fingerprint density at radius 1 is 1.32 bits per heavy atom. The van der Waals surface area contributed by atoms with E-state index < -0.39 is 0 Å². The van der Waals surface area contributed by atoms with Gasteiger partial charge in [-0.05, 0) is 50.8 Å². The van der Waals surface area contributed by atoms with Crippen LogP contribution in [0.5, 0.6) is 0 Å². The van der Waals surface area contributed by atoms with E-state index in [4.69, 9.17) is 4.52 Å². The third-order valence-electron chi connectivity index (χ3n) is 4.50. The molecule has 1 heterocycles. The number of hydrogen-bond donors (Lipinski definition) is 1. The SMILES string of the molecule is Cc1noc(C)c1CC(=O)NC1(c2ccc(Br)cc2)CCC1. The zero-order chi connectivity index (χ0) is 15.7. The second-order valence-electron chi connectivity index (χ2n) is 5.97. The summed E-state index contributed by atoms with van der Waals surface area (Å²) in [6.45, 7) is 3.71. The van der Waals surface area contributed by atoms with Gasteiger partial charge in [0.05, 0.1) is 17.7 Å². The van der Waals surface area contributed by atoms with Gasteiger partial charge >= 0.3 is 0 Å². The van der Waals surface area contributed by atoms with Gasteiger partial charge in [-0.25, -0.2) is 0 Å². The molecule has 0 radical (unpaired) electrons. The third-order valence-corrected chi connectivity index (χ3v) is 5.03. The molecular formula is C17H19BrN2O2. The fourth-order valence-electron chi connectivity index (χ4n) is 3.01. The largest absolute Gasteiger partial charge is 0.361 e. The molecule has 1 N–H and O–H groups in total. The van der Waals surface area contributed by atoms with E-state index in [-0.39, 0.29) is 11.4 Å². The average Bonchev–Trinajstić information content (AvgIpc) is 2.76. The standard InChI is InChI=1S/C17H19BrN2O2/c1-11-15(12(2)22-20-11)10-16(21)19-17(8-3-9-17)13-4-6-14(18)7-5-13/h4-7H,3,8-10H2,1-2H3,(H,19,21). The lowest BCUT2D eigenvalue weighted by Gasteiger charge is -2.43. The lowest BCUT2D eigenvalue weighted by molar-refractivity contribution is -0.123. The highest BCUT2D eigenvalue weighted by Gasteiger charge is 2.40. The Hall–Kier alpha value is -1.62. The first-order chi connectivity index (χ1) is 10.5. The van der Waals surface area contributed by atoms with Crippen LogP contribution in [0.15, 0.2) is 33.3 Å². The Morgan fingerprint density at radius 2 is 2.00 bits per heavy atom. The number of nitrogens with zero attached hydrogens (tertiary/aromatic N) is 1. The van der Waals surface area contributed by atoms with Crippen molar-refractivity contribution in [1.29, 1.82) is 0 Å². The average molecular weight is 363 g/mol. The number of aromatic nitrogens is 1. The first-order valence-electron chi connectivity index (χ1n) is 7.49. The van der Waals surface area contributed by atoms with Gasteiger partial charge in [0, 0.05) is 10.0 Å². The number of carbonyl (C=O) groups excluding carboxylic acids is 1. The highest BCUT2D eigenvalue weighted by atomic mass is 79.9. The highest BCUT2D eigenvalue weighted by molar-refractivity contribution is 9.10. The molecule has 1 aliphatic carbocycles. The molecule has 4 nitrogen and oxygen atoms in total. The van der Waals surface area contributed by atoms with Gasteiger partial charge in [-0.3, -0.25) is 4.79 Å². The lowest BCUT2D eigenvalue weighted by atomic mass is 9.71. The van der Waals surface area contributed by atoms with Crippen molar-refractivity contribution in [3.8, 4) is 0 Å². The molecule has 0 bridgehead atoms. The fraction of sp³-hybridized carbons (Fsp3) is 0.412. The molecule has 0 saturated heterocycles. The summed E-state index contributed by atoms with van der Waals surface area (Å²) in [5, 5.41) is 7.14. The highest BCUT2D eigenvalue weighted by Crippen LogP contribution is 2.41. The zero-order valence-electron chi connectivity index (χ0n) is 12.8. The van der Waals surface area contributed by atoms with E-state index in [1.807, 2.05) is 26.0 Å². The van der Waals surface area contributed by atoms with Gasteiger partial charge in [-0.15, -0.1) is 0 Å². The van der Waals surface area contributed by atoms with E-state index in [0.29, 0.717) is 6.42 Å². The first-order valence-corrected chi connectivity index (χ1v) is 8.28. The van der Waals surface area contributed by atoms with E-state index >= 15 is 0 Å². The van der Waals surface area contributed by atoms with Crippen molar-refractivity contribution in [1.82, 2.24) is 10.5 Å². The second kappa shape index (κ2) is 5.88. The summed E-state index contributed by atoms with van der Waals surface area (Å²) in [5.41, 5.74) is 2.65. The Kier molecular flexibility index (Phi) is 4.08. The predicted molar refractivity (Wildman–Crippen MR) is 87.5 cm³/mol. The molecule has 0 spiro atoms.